The third-order valence-electron chi connectivity index (χ3n) is 4.96. The zero-order valence-corrected chi connectivity index (χ0v) is 17.7. The van der Waals surface area contributed by atoms with Gasteiger partial charge in [0.25, 0.3) is 5.91 Å². The van der Waals surface area contributed by atoms with Crippen molar-refractivity contribution in [2.45, 2.75) is 20.8 Å². The Morgan fingerprint density at radius 2 is 1.77 bits per heavy atom. The molecule has 0 atom stereocenters. The minimum absolute atomic E-state index is 0.125. The Bertz CT molecular complexity index is 891. The van der Waals surface area contributed by atoms with Crippen molar-refractivity contribution >= 4 is 34.7 Å². The van der Waals surface area contributed by atoms with Crippen molar-refractivity contribution < 1.29 is 9.59 Å². The summed E-state index contributed by atoms with van der Waals surface area (Å²) >= 11 is 0. The summed E-state index contributed by atoms with van der Waals surface area (Å²) in [6, 6.07) is 9.75. The molecule has 1 aliphatic heterocycles. The third-order valence-corrected chi connectivity index (χ3v) is 4.96. The van der Waals surface area contributed by atoms with Crippen molar-refractivity contribution in [3.63, 3.8) is 0 Å². The van der Waals surface area contributed by atoms with E-state index in [0.29, 0.717) is 24.0 Å². The van der Waals surface area contributed by atoms with E-state index in [0.717, 1.165) is 37.6 Å². The average molecular weight is 412 g/mol. The summed E-state index contributed by atoms with van der Waals surface area (Å²) in [5.41, 5.74) is 8.07. The minimum atomic E-state index is -0.616. The molecule has 9 heteroatoms. The van der Waals surface area contributed by atoms with Gasteiger partial charge in [0, 0.05) is 57.1 Å². The Kier molecular flexibility index (Phi) is 6.71. The quantitative estimate of drug-likeness (QED) is 0.638. The highest BCUT2D eigenvalue weighted by Crippen LogP contribution is 2.23. The molecule has 30 heavy (non-hydrogen) atoms. The number of piperazine rings is 1. The molecule has 3 rings (SSSR count). The number of nitrogens with zero attached hydrogens (tertiary/aromatic N) is 4. The number of carbonyl (C=O) groups excluding carboxylic acids is 2. The summed E-state index contributed by atoms with van der Waals surface area (Å²) in [5, 5.41) is 14.5. The Labute approximate surface area is 176 Å². The maximum absolute atomic E-state index is 11.6. The van der Waals surface area contributed by atoms with Gasteiger partial charge in [0.2, 0.25) is 5.91 Å². The number of amides is 2. The fourth-order valence-electron chi connectivity index (χ4n) is 3.27. The summed E-state index contributed by atoms with van der Waals surface area (Å²) in [6.07, 6.45) is 0. The van der Waals surface area contributed by atoms with Crippen molar-refractivity contribution in [3.05, 3.63) is 36.0 Å². The van der Waals surface area contributed by atoms with Crippen LogP contribution in [0.1, 0.15) is 31.3 Å². The van der Waals surface area contributed by atoms with Gasteiger partial charge in [-0.1, -0.05) is 13.8 Å². The molecule has 0 saturated carbocycles. The van der Waals surface area contributed by atoms with Crippen LogP contribution in [0.15, 0.2) is 30.3 Å². The van der Waals surface area contributed by atoms with E-state index in [2.05, 4.69) is 39.6 Å². The lowest BCUT2D eigenvalue weighted by molar-refractivity contribution is -0.129. The predicted molar refractivity (Wildman–Crippen MR) is 118 cm³/mol. The maximum Gasteiger partial charge on any atom is 0.271 e. The van der Waals surface area contributed by atoms with E-state index < -0.39 is 5.91 Å². The van der Waals surface area contributed by atoms with Gasteiger partial charge in [-0.15, -0.1) is 10.2 Å². The van der Waals surface area contributed by atoms with Gasteiger partial charge in [-0.3, -0.25) is 9.59 Å². The maximum atomic E-state index is 11.6. The summed E-state index contributed by atoms with van der Waals surface area (Å²) in [4.78, 5) is 27.2. The van der Waals surface area contributed by atoms with Gasteiger partial charge in [-0.25, -0.2) is 0 Å². The van der Waals surface area contributed by atoms with Crippen LogP contribution >= 0.6 is 0 Å². The van der Waals surface area contributed by atoms with Crippen molar-refractivity contribution in [3.8, 4) is 0 Å². The second-order valence-electron chi connectivity index (χ2n) is 7.80. The van der Waals surface area contributed by atoms with E-state index in [4.69, 9.17) is 5.73 Å². The lowest BCUT2D eigenvalue weighted by Gasteiger charge is -2.35. The fourth-order valence-corrected chi connectivity index (χ4v) is 3.27. The SMILES string of the molecule is CC(=O)N1CCN(c2ccc(Nc3cc(NCC(C)C)c(C(N)=O)nn3)cc2)CC1. The number of aromatic nitrogens is 2. The second kappa shape index (κ2) is 9.43. The van der Waals surface area contributed by atoms with Gasteiger partial charge in [-0.05, 0) is 30.2 Å². The first kappa shape index (κ1) is 21.4. The molecule has 0 aliphatic carbocycles. The number of hydrogen-bond donors (Lipinski definition) is 3. The zero-order valence-electron chi connectivity index (χ0n) is 17.7. The molecular weight excluding hydrogens is 382 g/mol. The Morgan fingerprint density at radius 3 is 2.33 bits per heavy atom. The number of nitrogens with two attached hydrogens (primary N) is 1. The summed E-state index contributed by atoms with van der Waals surface area (Å²) in [5.74, 6) is 0.434. The molecule has 0 bridgehead atoms. The van der Waals surface area contributed by atoms with Crippen LogP contribution in [0.5, 0.6) is 0 Å². The van der Waals surface area contributed by atoms with Gasteiger partial charge < -0.3 is 26.2 Å². The largest absolute Gasteiger partial charge is 0.383 e. The minimum Gasteiger partial charge on any atom is -0.383 e. The molecule has 2 amide bonds. The van der Waals surface area contributed by atoms with Crippen LogP contribution in [0, 0.1) is 5.92 Å². The third kappa shape index (κ3) is 5.37. The highest BCUT2D eigenvalue weighted by molar-refractivity contribution is 5.96. The number of nitrogens with one attached hydrogen (secondary N) is 2. The van der Waals surface area contributed by atoms with Gasteiger partial charge in [0.15, 0.2) is 11.5 Å². The monoisotopic (exact) mass is 411 g/mol. The number of primary amides is 1. The molecule has 2 heterocycles. The predicted octanol–water partition coefficient (Wildman–Crippen LogP) is 2.06. The van der Waals surface area contributed by atoms with Crippen molar-refractivity contribution in [2.24, 2.45) is 11.7 Å². The van der Waals surface area contributed by atoms with Crippen LogP contribution in [0.4, 0.5) is 22.9 Å². The molecule has 0 spiro atoms. The molecule has 1 fully saturated rings. The molecule has 1 aromatic heterocycles. The number of benzene rings is 1. The van der Waals surface area contributed by atoms with Crippen molar-refractivity contribution in [1.82, 2.24) is 15.1 Å². The van der Waals surface area contributed by atoms with Crippen molar-refractivity contribution in [2.75, 3.05) is 48.3 Å². The molecule has 160 valence electrons. The first-order chi connectivity index (χ1) is 14.3. The number of hydrogen-bond acceptors (Lipinski definition) is 7. The molecule has 0 unspecified atom stereocenters. The highest BCUT2D eigenvalue weighted by Gasteiger charge is 2.18. The van der Waals surface area contributed by atoms with E-state index in [1.807, 2.05) is 29.2 Å². The Morgan fingerprint density at radius 1 is 1.10 bits per heavy atom. The van der Waals surface area contributed by atoms with Gasteiger partial charge >= 0.3 is 0 Å². The highest BCUT2D eigenvalue weighted by atomic mass is 16.2. The summed E-state index contributed by atoms with van der Waals surface area (Å²) < 4.78 is 0. The molecule has 1 saturated heterocycles. The molecule has 1 aromatic carbocycles. The molecule has 2 aromatic rings. The second-order valence-corrected chi connectivity index (χ2v) is 7.80. The topological polar surface area (TPSA) is 116 Å². The van der Waals surface area contributed by atoms with Gasteiger partial charge in [-0.2, -0.15) is 0 Å². The first-order valence-corrected chi connectivity index (χ1v) is 10.1. The Hall–Kier alpha value is -3.36. The number of carbonyl (C=O) groups is 2. The molecule has 9 nitrogen and oxygen atoms in total. The van der Waals surface area contributed by atoms with E-state index in [1.165, 1.54) is 0 Å². The van der Waals surface area contributed by atoms with E-state index in [-0.39, 0.29) is 11.6 Å². The van der Waals surface area contributed by atoms with Crippen LogP contribution in [-0.2, 0) is 4.79 Å². The molecular formula is C21H29N7O2. The summed E-state index contributed by atoms with van der Waals surface area (Å²) in [6.45, 7) is 9.56. The zero-order chi connectivity index (χ0) is 21.7. The van der Waals surface area contributed by atoms with E-state index in [9.17, 15) is 9.59 Å². The van der Waals surface area contributed by atoms with Crippen molar-refractivity contribution in [1.29, 1.82) is 0 Å². The van der Waals surface area contributed by atoms with Crippen LogP contribution in [0.25, 0.3) is 0 Å². The Balaban J connectivity index is 1.67. The molecule has 1 aliphatic rings. The lowest BCUT2D eigenvalue weighted by Crippen LogP contribution is -2.48. The van der Waals surface area contributed by atoms with E-state index >= 15 is 0 Å². The van der Waals surface area contributed by atoms with Crippen LogP contribution in [0.2, 0.25) is 0 Å². The smallest absolute Gasteiger partial charge is 0.271 e. The first-order valence-electron chi connectivity index (χ1n) is 10.1. The van der Waals surface area contributed by atoms with Gasteiger partial charge in [0.1, 0.15) is 0 Å². The number of anilines is 4. The molecule has 4 N–H and O–H groups in total. The van der Waals surface area contributed by atoms with Crippen LogP contribution in [-0.4, -0.2) is 59.6 Å². The standard InChI is InChI=1S/C21H29N7O2/c1-14(2)13-23-18-12-19(25-26-20(18)21(22)30)24-16-4-6-17(7-5-16)28-10-8-27(9-11-28)15(3)29/h4-7,12,14H,8-11,13H2,1-3H3,(H2,22,30)(H2,23,24,25). The summed E-state index contributed by atoms with van der Waals surface area (Å²) in [7, 11) is 0. The normalized spacial score (nSPS) is 14.0. The average Bonchev–Trinajstić information content (AvgIpc) is 2.73. The molecule has 0 radical (unpaired) electrons. The van der Waals surface area contributed by atoms with E-state index in [1.54, 1.807) is 13.0 Å². The van der Waals surface area contributed by atoms with Crippen LogP contribution in [0.3, 0.4) is 0 Å². The van der Waals surface area contributed by atoms with Crippen LogP contribution < -0.4 is 21.3 Å². The number of rotatable bonds is 7. The lowest BCUT2D eigenvalue weighted by atomic mass is 10.2. The van der Waals surface area contributed by atoms with Gasteiger partial charge in [0.05, 0.1) is 5.69 Å². The fraction of sp³-hybridized carbons (Fsp3) is 0.429.